The van der Waals surface area contributed by atoms with E-state index >= 15 is 0 Å². The molecule has 0 aliphatic rings. The van der Waals surface area contributed by atoms with Crippen LogP contribution in [0.25, 0.3) is 10.9 Å². The molecule has 0 aliphatic heterocycles. The van der Waals surface area contributed by atoms with E-state index in [1.165, 1.54) is 12.1 Å². The second-order valence-electron chi connectivity index (χ2n) is 2.96. The molecule has 0 saturated heterocycles. The molecule has 76 valence electrons. The lowest BCUT2D eigenvalue weighted by Crippen LogP contribution is -1.96. The Hall–Kier alpha value is -2.30. The number of benzene rings is 1. The maximum Gasteiger partial charge on any atom is 0.212 e. The topological polar surface area (TPSA) is 82.5 Å². The number of para-hydroxylation sites is 1. The SMILES string of the molecule is O=CNc1cc(O)c2cccc(O)c2n1. The van der Waals surface area contributed by atoms with Crippen LogP contribution in [0.15, 0.2) is 24.3 Å². The largest absolute Gasteiger partial charge is 0.507 e. The summed E-state index contributed by atoms with van der Waals surface area (Å²) in [4.78, 5) is 14.2. The van der Waals surface area contributed by atoms with Gasteiger partial charge in [0.15, 0.2) is 0 Å². The van der Waals surface area contributed by atoms with Gasteiger partial charge in [0, 0.05) is 11.5 Å². The van der Waals surface area contributed by atoms with Gasteiger partial charge in [-0.2, -0.15) is 0 Å². The van der Waals surface area contributed by atoms with Crippen molar-refractivity contribution in [1.29, 1.82) is 0 Å². The van der Waals surface area contributed by atoms with Gasteiger partial charge in [0.1, 0.15) is 22.8 Å². The van der Waals surface area contributed by atoms with Gasteiger partial charge in [0.2, 0.25) is 6.41 Å². The summed E-state index contributed by atoms with van der Waals surface area (Å²) in [6.07, 6.45) is 0.452. The average molecular weight is 204 g/mol. The number of aromatic hydroxyl groups is 2. The highest BCUT2D eigenvalue weighted by molar-refractivity contribution is 5.91. The van der Waals surface area contributed by atoms with Crippen LogP contribution < -0.4 is 5.32 Å². The van der Waals surface area contributed by atoms with Crippen molar-refractivity contribution >= 4 is 23.1 Å². The zero-order chi connectivity index (χ0) is 10.8. The lowest BCUT2D eigenvalue weighted by molar-refractivity contribution is -0.105. The molecule has 2 rings (SSSR count). The number of carbonyl (C=O) groups excluding carboxylic acids is 1. The van der Waals surface area contributed by atoms with Gasteiger partial charge in [-0.25, -0.2) is 4.98 Å². The number of hydrogen-bond acceptors (Lipinski definition) is 4. The van der Waals surface area contributed by atoms with Gasteiger partial charge >= 0.3 is 0 Å². The predicted octanol–water partition coefficient (Wildman–Crippen LogP) is 1.21. The van der Waals surface area contributed by atoms with Crippen LogP contribution >= 0.6 is 0 Å². The number of fused-ring (bicyclic) bond motifs is 1. The number of carbonyl (C=O) groups is 1. The summed E-state index contributed by atoms with van der Waals surface area (Å²) in [6, 6.07) is 6.00. The number of nitrogens with zero attached hydrogens (tertiary/aromatic N) is 1. The number of pyridine rings is 1. The normalized spacial score (nSPS) is 10.1. The van der Waals surface area contributed by atoms with Gasteiger partial charge in [-0.15, -0.1) is 0 Å². The highest BCUT2D eigenvalue weighted by Crippen LogP contribution is 2.31. The Morgan fingerprint density at radius 2 is 2.07 bits per heavy atom. The van der Waals surface area contributed by atoms with E-state index < -0.39 is 0 Å². The molecule has 0 spiro atoms. The minimum Gasteiger partial charge on any atom is -0.507 e. The summed E-state index contributed by atoms with van der Waals surface area (Å²) in [5.41, 5.74) is 0.252. The molecule has 5 nitrogen and oxygen atoms in total. The van der Waals surface area contributed by atoms with Crippen molar-refractivity contribution in [2.75, 3.05) is 5.32 Å². The highest BCUT2D eigenvalue weighted by Gasteiger charge is 2.07. The fourth-order valence-corrected chi connectivity index (χ4v) is 1.35. The second-order valence-corrected chi connectivity index (χ2v) is 2.96. The van der Waals surface area contributed by atoms with Crippen molar-refractivity contribution in [2.24, 2.45) is 0 Å². The standard InChI is InChI=1S/C10H8N2O3/c13-5-11-9-4-8(15)6-2-1-3-7(14)10(6)12-9/h1-5,14H,(H2,11,12,13,15). The van der Waals surface area contributed by atoms with E-state index in [0.717, 1.165) is 0 Å². The first-order chi connectivity index (χ1) is 7.22. The summed E-state index contributed by atoms with van der Waals surface area (Å²) in [5, 5.41) is 21.8. The van der Waals surface area contributed by atoms with Crippen LogP contribution in [0.5, 0.6) is 11.5 Å². The number of amides is 1. The molecule has 0 saturated carbocycles. The fraction of sp³-hybridized carbons (Fsp3) is 0. The zero-order valence-corrected chi connectivity index (χ0v) is 7.64. The van der Waals surface area contributed by atoms with Gasteiger partial charge in [-0.3, -0.25) is 4.79 Å². The molecule has 1 aromatic carbocycles. The summed E-state index contributed by atoms with van der Waals surface area (Å²) < 4.78 is 0. The monoisotopic (exact) mass is 204 g/mol. The maximum atomic E-state index is 10.2. The third kappa shape index (κ3) is 1.54. The number of anilines is 1. The molecule has 1 heterocycles. The Morgan fingerprint density at radius 1 is 1.27 bits per heavy atom. The Labute approximate surface area is 85.0 Å². The van der Waals surface area contributed by atoms with Gasteiger partial charge in [0.05, 0.1) is 0 Å². The van der Waals surface area contributed by atoms with E-state index in [1.807, 2.05) is 0 Å². The van der Waals surface area contributed by atoms with Crippen LogP contribution in [0.4, 0.5) is 5.82 Å². The number of nitrogens with one attached hydrogen (secondary N) is 1. The molecule has 3 N–H and O–H groups in total. The lowest BCUT2D eigenvalue weighted by Gasteiger charge is -2.05. The van der Waals surface area contributed by atoms with Crippen molar-refractivity contribution in [3.8, 4) is 11.5 Å². The zero-order valence-electron chi connectivity index (χ0n) is 7.64. The minimum atomic E-state index is -0.0441. The Kier molecular flexibility index (Phi) is 2.13. The van der Waals surface area contributed by atoms with E-state index in [1.54, 1.807) is 12.1 Å². The van der Waals surface area contributed by atoms with Crippen LogP contribution in [-0.4, -0.2) is 21.6 Å². The molecule has 0 unspecified atom stereocenters. The Morgan fingerprint density at radius 3 is 2.80 bits per heavy atom. The summed E-state index contributed by atoms with van der Waals surface area (Å²) >= 11 is 0. The minimum absolute atomic E-state index is 0.0414. The number of phenolic OH excluding ortho intramolecular Hbond substituents is 1. The summed E-state index contributed by atoms with van der Waals surface area (Å²) in [7, 11) is 0. The Bertz CT molecular complexity index is 525. The number of aromatic nitrogens is 1. The lowest BCUT2D eigenvalue weighted by atomic mass is 10.2. The van der Waals surface area contributed by atoms with Gasteiger partial charge in [-0.05, 0) is 12.1 Å². The molecule has 0 atom stereocenters. The van der Waals surface area contributed by atoms with E-state index in [-0.39, 0.29) is 22.8 Å². The number of hydrogen-bond donors (Lipinski definition) is 3. The Balaban J connectivity index is 2.73. The van der Waals surface area contributed by atoms with E-state index in [4.69, 9.17) is 0 Å². The van der Waals surface area contributed by atoms with E-state index in [9.17, 15) is 15.0 Å². The molecule has 0 radical (unpaired) electrons. The molecule has 2 aromatic rings. The third-order valence-corrected chi connectivity index (χ3v) is 2.00. The van der Waals surface area contributed by atoms with Crippen molar-refractivity contribution in [3.05, 3.63) is 24.3 Å². The first kappa shape index (κ1) is 9.26. The number of rotatable bonds is 2. The molecule has 0 bridgehead atoms. The average Bonchev–Trinajstić information content (AvgIpc) is 2.20. The predicted molar refractivity (Wildman–Crippen MR) is 54.8 cm³/mol. The molecular formula is C10H8N2O3. The van der Waals surface area contributed by atoms with Crippen molar-refractivity contribution in [2.45, 2.75) is 0 Å². The summed E-state index contributed by atoms with van der Waals surface area (Å²) in [5.74, 6) is 0.106. The van der Waals surface area contributed by atoms with Crippen LogP contribution in [0.1, 0.15) is 0 Å². The molecular weight excluding hydrogens is 196 g/mol. The summed E-state index contributed by atoms with van der Waals surface area (Å²) in [6.45, 7) is 0. The smallest absolute Gasteiger partial charge is 0.212 e. The van der Waals surface area contributed by atoms with Crippen molar-refractivity contribution < 1.29 is 15.0 Å². The van der Waals surface area contributed by atoms with Crippen LogP contribution in [-0.2, 0) is 4.79 Å². The molecule has 0 fully saturated rings. The van der Waals surface area contributed by atoms with Crippen LogP contribution in [0.2, 0.25) is 0 Å². The quantitative estimate of drug-likeness (QED) is 0.642. The van der Waals surface area contributed by atoms with E-state index in [0.29, 0.717) is 11.8 Å². The molecule has 5 heteroatoms. The van der Waals surface area contributed by atoms with Gasteiger partial charge in [0.25, 0.3) is 0 Å². The number of phenols is 1. The van der Waals surface area contributed by atoms with Crippen LogP contribution in [0, 0.1) is 0 Å². The van der Waals surface area contributed by atoms with Crippen molar-refractivity contribution in [1.82, 2.24) is 4.98 Å². The first-order valence-electron chi connectivity index (χ1n) is 4.24. The van der Waals surface area contributed by atoms with E-state index in [2.05, 4.69) is 10.3 Å². The molecule has 1 amide bonds. The van der Waals surface area contributed by atoms with Crippen molar-refractivity contribution in [3.63, 3.8) is 0 Å². The second kappa shape index (κ2) is 3.45. The third-order valence-electron chi connectivity index (χ3n) is 2.00. The van der Waals surface area contributed by atoms with Gasteiger partial charge < -0.3 is 15.5 Å². The molecule has 0 aliphatic carbocycles. The molecule has 1 aromatic heterocycles. The first-order valence-corrected chi connectivity index (χ1v) is 4.24. The van der Waals surface area contributed by atoms with Crippen LogP contribution in [0.3, 0.4) is 0 Å². The maximum absolute atomic E-state index is 10.2. The fourth-order valence-electron chi connectivity index (χ4n) is 1.35. The van der Waals surface area contributed by atoms with Gasteiger partial charge in [-0.1, -0.05) is 6.07 Å². The highest BCUT2D eigenvalue weighted by atomic mass is 16.3. The molecule has 15 heavy (non-hydrogen) atoms.